The quantitative estimate of drug-likeness (QED) is 0.659. The first kappa shape index (κ1) is 18.8. The zero-order valence-electron chi connectivity index (χ0n) is 17.0. The Morgan fingerprint density at radius 1 is 1.03 bits per heavy atom. The second kappa shape index (κ2) is 6.92. The summed E-state index contributed by atoms with van der Waals surface area (Å²) in [7, 11) is 0. The minimum atomic E-state index is -0.332. The highest BCUT2D eigenvalue weighted by atomic mass is 19.1. The molecular formula is C24H27F2N3. The lowest BCUT2D eigenvalue weighted by Gasteiger charge is -2.45. The third-order valence-corrected chi connectivity index (χ3v) is 6.81. The lowest BCUT2D eigenvalue weighted by atomic mass is 9.79. The van der Waals surface area contributed by atoms with Crippen LogP contribution in [0.4, 0.5) is 8.78 Å². The highest BCUT2D eigenvalue weighted by molar-refractivity contribution is 5.86. The van der Waals surface area contributed by atoms with Crippen molar-refractivity contribution >= 4 is 10.9 Å². The number of hydrogen-bond donors (Lipinski definition) is 2. The molecule has 3 aromatic rings. The topological polar surface area (TPSA) is 31.1 Å². The van der Waals surface area contributed by atoms with Crippen molar-refractivity contribution < 1.29 is 8.78 Å². The van der Waals surface area contributed by atoms with Crippen LogP contribution in [0.1, 0.15) is 40.8 Å². The highest BCUT2D eigenvalue weighted by Gasteiger charge is 2.41. The van der Waals surface area contributed by atoms with Crippen molar-refractivity contribution in [2.75, 3.05) is 19.6 Å². The van der Waals surface area contributed by atoms with Gasteiger partial charge in [-0.05, 0) is 68.5 Å². The molecule has 1 aromatic heterocycles. The molecule has 3 nitrogen and oxygen atoms in total. The first-order chi connectivity index (χ1) is 13.9. The molecule has 1 fully saturated rings. The molecule has 2 N–H and O–H groups in total. The van der Waals surface area contributed by atoms with Gasteiger partial charge < -0.3 is 10.3 Å². The molecular weight excluding hydrogens is 368 g/mol. The lowest BCUT2D eigenvalue weighted by Crippen LogP contribution is -2.54. The number of likely N-dealkylation sites (tertiary alicyclic amines) is 1. The van der Waals surface area contributed by atoms with Crippen LogP contribution >= 0.6 is 0 Å². The number of aromatic nitrogens is 1. The zero-order valence-corrected chi connectivity index (χ0v) is 17.0. The van der Waals surface area contributed by atoms with E-state index in [9.17, 15) is 8.78 Å². The molecule has 1 spiro atoms. The molecule has 0 radical (unpaired) electrons. The van der Waals surface area contributed by atoms with Gasteiger partial charge in [0.15, 0.2) is 0 Å². The van der Waals surface area contributed by atoms with Crippen LogP contribution in [0.2, 0.25) is 0 Å². The predicted octanol–water partition coefficient (Wildman–Crippen LogP) is 4.70. The summed E-state index contributed by atoms with van der Waals surface area (Å²) in [6, 6.07) is 9.28. The van der Waals surface area contributed by atoms with Gasteiger partial charge in [0.2, 0.25) is 0 Å². The molecule has 0 amide bonds. The summed E-state index contributed by atoms with van der Waals surface area (Å²) < 4.78 is 28.2. The molecule has 5 rings (SSSR count). The summed E-state index contributed by atoms with van der Waals surface area (Å²) in [6.45, 7) is 6.89. The van der Waals surface area contributed by atoms with E-state index in [1.54, 1.807) is 6.92 Å². The van der Waals surface area contributed by atoms with Crippen molar-refractivity contribution in [3.8, 4) is 0 Å². The SMILES string of the molecule is Cc1ccc2[nH]c3c(c2c1)CCNC31CCN(Cc2cc(F)c(C)cc2F)CC1. The first-order valence-electron chi connectivity index (χ1n) is 10.5. The number of hydrogen-bond acceptors (Lipinski definition) is 2. The molecule has 1 saturated heterocycles. The van der Waals surface area contributed by atoms with Crippen molar-refractivity contribution in [1.29, 1.82) is 0 Å². The summed E-state index contributed by atoms with van der Waals surface area (Å²) in [5.74, 6) is -0.643. The smallest absolute Gasteiger partial charge is 0.128 e. The molecule has 0 saturated carbocycles. The largest absolute Gasteiger partial charge is 0.357 e. The van der Waals surface area contributed by atoms with Crippen LogP contribution in [-0.2, 0) is 18.5 Å². The van der Waals surface area contributed by atoms with Gasteiger partial charge >= 0.3 is 0 Å². The van der Waals surface area contributed by atoms with Crippen molar-refractivity contribution in [2.24, 2.45) is 0 Å². The Kier molecular flexibility index (Phi) is 4.48. The van der Waals surface area contributed by atoms with Crippen LogP contribution in [0.15, 0.2) is 30.3 Å². The van der Waals surface area contributed by atoms with E-state index >= 15 is 0 Å². The third kappa shape index (κ3) is 3.17. The maximum absolute atomic E-state index is 14.3. The molecule has 0 unspecified atom stereocenters. The van der Waals surface area contributed by atoms with Gasteiger partial charge in [0, 0.05) is 48.3 Å². The minimum Gasteiger partial charge on any atom is -0.357 e. The molecule has 0 atom stereocenters. The fourth-order valence-electron chi connectivity index (χ4n) is 5.11. The van der Waals surface area contributed by atoms with Gasteiger partial charge in [-0.25, -0.2) is 8.78 Å². The number of fused-ring (bicyclic) bond motifs is 4. The number of aromatic amines is 1. The van der Waals surface area contributed by atoms with Crippen LogP contribution in [0.3, 0.4) is 0 Å². The summed E-state index contributed by atoms with van der Waals surface area (Å²) in [6.07, 6.45) is 2.96. The maximum Gasteiger partial charge on any atom is 0.128 e. The number of aryl methyl sites for hydroxylation is 2. The minimum absolute atomic E-state index is 0.0475. The van der Waals surface area contributed by atoms with E-state index < -0.39 is 0 Å². The molecule has 5 heteroatoms. The van der Waals surface area contributed by atoms with Gasteiger partial charge in [-0.15, -0.1) is 0 Å². The van der Waals surface area contributed by atoms with E-state index in [-0.39, 0.29) is 17.2 Å². The average molecular weight is 395 g/mol. The van der Waals surface area contributed by atoms with E-state index in [1.807, 2.05) is 0 Å². The number of halogens is 2. The van der Waals surface area contributed by atoms with Crippen LogP contribution in [0.25, 0.3) is 10.9 Å². The Hall–Kier alpha value is -2.24. The van der Waals surface area contributed by atoms with E-state index in [2.05, 4.69) is 40.3 Å². The number of benzene rings is 2. The first-order valence-corrected chi connectivity index (χ1v) is 10.5. The number of rotatable bonds is 2. The van der Waals surface area contributed by atoms with Gasteiger partial charge in [0.25, 0.3) is 0 Å². The van der Waals surface area contributed by atoms with Gasteiger partial charge in [-0.3, -0.25) is 4.90 Å². The van der Waals surface area contributed by atoms with E-state index in [1.165, 1.54) is 39.9 Å². The van der Waals surface area contributed by atoms with Crippen LogP contribution < -0.4 is 5.32 Å². The fraction of sp³-hybridized carbons (Fsp3) is 0.417. The van der Waals surface area contributed by atoms with Crippen molar-refractivity contribution in [3.63, 3.8) is 0 Å². The van der Waals surface area contributed by atoms with Crippen molar-refractivity contribution in [3.05, 3.63) is 69.9 Å². The Morgan fingerprint density at radius 2 is 1.83 bits per heavy atom. The monoisotopic (exact) mass is 395 g/mol. The van der Waals surface area contributed by atoms with Gasteiger partial charge in [-0.2, -0.15) is 0 Å². The van der Waals surface area contributed by atoms with Crippen LogP contribution in [0, 0.1) is 25.5 Å². The second-order valence-electron chi connectivity index (χ2n) is 8.76. The highest BCUT2D eigenvalue weighted by Crippen LogP contribution is 2.40. The molecule has 2 aliphatic heterocycles. The molecule has 0 bridgehead atoms. The van der Waals surface area contributed by atoms with Gasteiger partial charge in [0.1, 0.15) is 11.6 Å². The molecule has 2 aromatic carbocycles. The number of piperidine rings is 1. The average Bonchev–Trinajstić information content (AvgIpc) is 3.07. The molecule has 29 heavy (non-hydrogen) atoms. The fourth-order valence-corrected chi connectivity index (χ4v) is 5.11. The second-order valence-corrected chi connectivity index (χ2v) is 8.76. The third-order valence-electron chi connectivity index (χ3n) is 6.81. The van der Waals surface area contributed by atoms with Crippen molar-refractivity contribution in [2.45, 2.75) is 45.2 Å². The summed E-state index contributed by atoms with van der Waals surface area (Å²) in [4.78, 5) is 5.94. The Balaban J connectivity index is 1.38. The lowest BCUT2D eigenvalue weighted by molar-refractivity contribution is 0.120. The number of nitrogens with zero attached hydrogens (tertiary/aromatic N) is 1. The molecule has 152 valence electrons. The summed E-state index contributed by atoms with van der Waals surface area (Å²) >= 11 is 0. The summed E-state index contributed by atoms with van der Waals surface area (Å²) in [5.41, 5.74) is 6.03. The maximum atomic E-state index is 14.3. The number of nitrogens with one attached hydrogen (secondary N) is 2. The predicted molar refractivity (Wildman–Crippen MR) is 112 cm³/mol. The van der Waals surface area contributed by atoms with E-state index in [0.717, 1.165) is 38.9 Å². The Bertz CT molecular complexity index is 1080. The molecule has 0 aliphatic carbocycles. The molecule has 3 heterocycles. The Morgan fingerprint density at radius 3 is 2.62 bits per heavy atom. The standard InChI is InChI=1S/C24H27F2N3/c1-15-3-4-22-19(11-15)18-5-8-27-24(23(18)28-22)6-9-29(10-7-24)14-17-13-20(25)16(2)12-21(17)26/h3-4,11-13,27-28H,5-10,14H2,1-2H3. The van der Waals surface area contributed by atoms with Crippen LogP contribution in [-0.4, -0.2) is 29.5 Å². The van der Waals surface area contributed by atoms with Crippen molar-refractivity contribution in [1.82, 2.24) is 15.2 Å². The van der Waals surface area contributed by atoms with E-state index in [0.29, 0.717) is 17.7 Å². The zero-order chi connectivity index (χ0) is 20.2. The molecule has 2 aliphatic rings. The van der Waals surface area contributed by atoms with Crippen LogP contribution in [0.5, 0.6) is 0 Å². The van der Waals surface area contributed by atoms with E-state index in [4.69, 9.17) is 0 Å². The Labute approximate surface area is 170 Å². The normalized spacial score (nSPS) is 19.0. The number of H-pyrrole nitrogens is 1. The summed E-state index contributed by atoms with van der Waals surface area (Å²) in [5, 5.41) is 5.13. The van der Waals surface area contributed by atoms with Gasteiger partial charge in [0.05, 0.1) is 5.54 Å². The van der Waals surface area contributed by atoms with Gasteiger partial charge in [-0.1, -0.05) is 11.6 Å².